The van der Waals surface area contributed by atoms with Crippen LogP contribution in [0.25, 0.3) is 0 Å². The number of urea groups is 1. The van der Waals surface area contributed by atoms with Gasteiger partial charge in [0.05, 0.1) is 13.7 Å². The molecule has 0 aliphatic heterocycles. The van der Waals surface area contributed by atoms with Crippen molar-refractivity contribution < 1.29 is 24.1 Å². The first-order valence-corrected chi connectivity index (χ1v) is 7.42. The van der Waals surface area contributed by atoms with Gasteiger partial charge in [0.2, 0.25) is 0 Å². The Labute approximate surface area is 137 Å². The largest absolute Gasteiger partial charge is 0.497 e. The highest BCUT2D eigenvalue weighted by Crippen LogP contribution is 2.22. The second-order valence-electron chi connectivity index (χ2n) is 5.04. The van der Waals surface area contributed by atoms with Crippen molar-refractivity contribution in [3.63, 3.8) is 0 Å². The van der Waals surface area contributed by atoms with Gasteiger partial charge in [-0.1, -0.05) is 6.07 Å². The van der Waals surface area contributed by atoms with Gasteiger partial charge in [0.15, 0.2) is 6.29 Å². The van der Waals surface area contributed by atoms with Gasteiger partial charge in [-0.05, 0) is 25.0 Å². The van der Waals surface area contributed by atoms with Gasteiger partial charge in [0.25, 0.3) is 0 Å². The van der Waals surface area contributed by atoms with E-state index in [1.54, 1.807) is 18.1 Å². The fourth-order valence-corrected chi connectivity index (χ4v) is 2.02. The molecule has 0 bridgehead atoms. The van der Waals surface area contributed by atoms with E-state index in [4.69, 9.17) is 19.3 Å². The third-order valence-corrected chi connectivity index (χ3v) is 3.45. The topological polar surface area (TPSA) is 80.3 Å². The van der Waals surface area contributed by atoms with E-state index < -0.39 is 6.29 Å². The summed E-state index contributed by atoms with van der Waals surface area (Å²) in [7, 11) is 4.61. The van der Waals surface area contributed by atoms with Crippen LogP contribution >= 0.6 is 0 Å². The zero-order valence-corrected chi connectivity index (χ0v) is 14.2. The minimum atomic E-state index is -0.522. The highest BCUT2D eigenvalue weighted by molar-refractivity contribution is 5.90. The van der Waals surface area contributed by atoms with Gasteiger partial charge >= 0.3 is 6.03 Å². The summed E-state index contributed by atoms with van der Waals surface area (Å²) in [5.41, 5.74) is 1.60. The Balaban J connectivity index is 2.83. The molecule has 7 nitrogen and oxygen atoms in total. The number of amides is 2. The quantitative estimate of drug-likeness (QED) is 0.677. The lowest BCUT2D eigenvalue weighted by Gasteiger charge is -2.26. The van der Waals surface area contributed by atoms with Gasteiger partial charge in [-0.2, -0.15) is 0 Å². The predicted octanol–water partition coefficient (Wildman–Crippen LogP) is 1.84. The number of nitrogens with zero attached hydrogens (tertiary/aromatic N) is 1. The SMILES string of the molecule is COc1ccc(C)c(NC(=O)N(CCCO)CC(OC)OC)c1. The minimum Gasteiger partial charge on any atom is -0.497 e. The lowest BCUT2D eigenvalue weighted by Crippen LogP contribution is -2.42. The first-order chi connectivity index (χ1) is 11.0. The molecule has 0 saturated carbocycles. The first-order valence-electron chi connectivity index (χ1n) is 7.42. The Morgan fingerprint density at radius 1 is 1.30 bits per heavy atom. The van der Waals surface area contributed by atoms with Crippen molar-refractivity contribution in [2.75, 3.05) is 46.3 Å². The Bertz CT molecular complexity index is 491. The second kappa shape index (κ2) is 10.0. The fourth-order valence-electron chi connectivity index (χ4n) is 2.02. The molecule has 0 atom stereocenters. The number of methoxy groups -OCH3 is 3. The molecule has 0 saturated heterocycles. The van der Waals surface area contributed by atoms with E-state index in [9.17, 15) is 4.79 Å². The van der Waals surface area contributed by atoms with Gasteiger partial charge in [-0.3, -0.25) is 0 Å². The van der Waals surface area contributed by atoms with Crippen LogP contribution in [0.2, 0.25) is 0 Å². The third-order valence-electron chi connectivity index (χ3n) is 3.45. The lowest BCUT2D eigenvalue weighted by molar-refractivity contribution is -0.111. The number of carbonyl (C=O) groups excluding carboxylic acids is 1. The van der Waals surface area contributed by atoms with Crippen LogP contribution in [0, 0.1) is 6.92 Å². The monoisotopic (exact) mass is 326 g/mol. The third kappa shape index (κ3) is 6.05. The summed E-state index contributed by atoms with van der Waals surface area (Å²) in [6.07, 6.45) is -0.0455. The molecule has 0 aliphatic carbocycles. The molecule has 2 N–H and O–H groups in total. The van der Waals surface area contributed by atoms with Crippen molar-refractivity contribution in [1.82, 2.24) is 4.90 Å². The van der Waals surface area contributed by atoms with Crippen LogP contribution in [0.3, 0.4) is 0 Å². The zero-order chi connectivity index (χ0) is 17.2. The lowest BCUT2D eigenvalue weighted by atomic mass is 10.2. The molecule has 1 rings (SSSR count). The van der Waals surface area contributed by atoms with Crippen molar-refractivity contribution in [2.24, 2.45) is 0 Å². The summed E-state index contributed by atoms with van der Waals surface area (Å²) in [6.45, 7) is 2.57. The van der Waals surface area contributed by atoms with Gasteiger partial charge in [-0.15, -0.1) is 0 Å². The van der Waals surface area contributed by atoms with E-state index in [2.05, 4.69) is 5.32 Å². The van der Waals surface area contributed by atoms with Crippen LogP contribution in [0.15, 0.2) is 18.2 Å². The van der Waals surface area contributed by atoms with Gasteiger partial charge in [0.1, 0.15) is 5.75 Å². The Hall–Kier alpha value is -1.83. The van der Waals surface area contributed by atoms with Crippen LogP contribution in [-0.2, 0) is 9.47 Å². The van der Waals surface area contributed by atoms with Gasteiger partial charge < -0.3 is 29.5 Å². The number of ether oxygens (including phenoxy) is 3. The van der Waals surface area contributed by atoms with Crippen LogP contribution in [0.4, 0.5) is 10.5 Å². The Morgan fingerprint density at radius 3 is 2.57 bits per heavy atom. The summed E-state index contributed by atoms with van der Waals surface area (Å²) >= 11 is 0. The number of aliphatic hydroxyl groups is 1. The average molecular weight is 326 g/mol. The fraction of sp³-hybridized carbons (Fsp3) is 0.562. The molecule has 0 fully saturated rings. The van der Waals surface area contributed by atoms with E-state index in [-0.39, 0.29) is 19.2 Å². The molecule has 0 radical (unpaired) electrons. The first kappa shape index (κ1) is 19.2. The summed E-state index contributed by atoms with van der Waals surface area (Å²) in [6, 6.07) is 5.19. The molecule has 7 heteroatoms. The summed E-state index contributed by atoms with van der Waals surface area (Å²) in [4.78, 5) is 14.1. The molecule has 0 unspecified atom stereocenters. The summed E-state index contributed by atoms with van der Waals surface area (Å²) in [5, 5.41) is 11.9. The number of aliphatic hydroxyl groups excluding tert-OH is 1. The van der Waals surface area contributed by atoms with Crippen molar-refractivity contribution in [3.8, 4) is 5.75 Å². The van der Waals surface area contributed by atoms with Crippen molar-refractivity contribution >= 4 is 11.7 Å². The highest BCUT2D eigenvalue weighted by Gasteiger charge is 2.19. The number of aryl methyl sites for hydroxylation is 1. The maximum atomic E-state index is 12.5. The minimum absolute atomic E-state index is 0.00655. The van der Waals surface area contributed by atoms with E-state index >= 15 is 0 Å². The van der Waals surface area contributed by atoms with Crippen LogP contribution in [0.1, 0.15) is 12.0 Å². The Kier molecular flexibility index (Phi) is 8.39. The van der Waals surface area contributed by atoms with Crippen LogP contribution < -0.4 is 10.1 Å². The smallest absolute Gasteiger partial charge is 0.322 e. The number of anilines is 1. The molecule has 130 valence electrons. The molecule has 1 aromatic rings. The van der Waals surface area contributed by atoms with Crippen LogP contribution in [0.5, 0.6) is 5.75 Å². The molecule has 23 heavy (non-hydrogen) atoms. The van der Waals surface area contributed by atoms with E-state index in [0.717, 1.165) is 5.56 Å². The molecule has 0 heterocycles. The normalized spacial score (nSPS) is 10.7. The van der Waals surface area contributed by atoms with Gasteiger partial charge in [0, 0.05) is 39.1 Å². The number of nitrogens with one attached hydrogen (secondary N) is 1. The average Bonchev–Trinajstić information content (AvgIpc) is 2.57. The van der Waals surface area contributed by atoms with E-state index in [0.29, 0.717) is 24.4 Å². The van der Waals surface area contributed by atoms with E-state index in [1.165, 1.54) is 14.2 Å². The number of hydrogen-bond donors (Lipinski definition) is 2. The van der Waals surface area contributed by atoms with Crippen molar-refractivity contribution in [1.29, 1.82) is 0 Å². The molecule has 2 amide bonds. The molecule has 0 aliphatic rings. The molecule has 1 aromatic carbocycles. The molecular weight excluding hydrogens is 300 g/mol. The second-order valence-corrected chi connectivity index (χ2v) is 5.04. The highest BCUT2D eigenvalue weighted by atomic mass is 16.7. The summed E-state index contributed by atoms with van der Waals surface area (Å²) in [5.74, 6) is 0.666. The maximum Gasteiger partial charge on any atom is 0.322 e. The zero-order valence-electron chi connectivity index (χ0n) is 14.2. The van der Waals surface area contributed by atoms with Crippen molar-refractivity contribution in [2.45, 2.75) is 19.6 Å². The number of carbonyl (C=O) groups is 1. The predicted molar refractivity (Wildman–Crippen MR) is 87.8 cm³/mol. The number of hydrogen-bond acceptors (Lipinski definition) is 5. The number of rotatable bonds is 9. The van der Waals surface area contributed by atoms with Gasteiger partial charge in [-0.25, -0.2) is 4.79 Å². The van der Waals surface area contributed by atoms with Crippen LogP contribution in [-0.4, -0.2) is 63.4 Å². The van der Waals surface area contributed by atoms with Crippen molar-refractivity contribution in [3.05, 3.63) is 23.8 Å². The standard InChI is InChI=1S/C16H26N2O5/c1-12-6-7-13(21-2)10-14(12)17-16(20)18(8-5-9-19)11-15(22-3)23-4/h6-7,10,15,19H,5,8-9,11H2,1-4H3,(H,17,20). The number of benzene rings is 1. The Morgan fingerprint density at radius 2 is 2.00 bits per heavy atom. The molecule has 0 spiro atoms. The van der Waals surface area contributed by atoms with E-state index in [1.807, 2.05) is 19.1 Å². The summed E-state index contributed by atoms with van der Waals surface area (Å²) < 4.78 is 15.5. The molecule has 0 aromatic heterocycles. The molecular formula is C16H26N2O5. The maximum absolute atomic E-state index is 12.5.